The third-order valence-electron chi connectivity index (χ3n) is 6.81. The molecule has 3 aromatic rings. The lowest BCUT2D eigenvalue weighted by Gasteiger charge is -2.18. The monoisotopic (exact) mass is 541 g/mol. The molecule has 2 fully saturated rings. The van der Waals surface area contributed by atoms with E-state index in [-0.39, 0.29) is 34.8 Å². The van der Waals surface area contributed by atoms with Crippen molar-refractivity contribution in [1.29, 1.82) is 0 Å². The average Bonchev–Trinajstić information content (AvgIpc) is 3.12. The number of nitrogens with two attached hydrogens (primary N) is 1. The second-order valence-electron chi connectivity index (χ2n) is 9.46. The molecule has 202 valence electrons. The molecule has 0 spiro atoms. The number of hydrogen-bond donors (Lipinski definition) is 2. The number of aromatic nitrogens is 4. The summed E-state index contributed by atoms with van der Waals surface area (Å²) in [5.41, 5.74) is 4.71. The van der Waals surface area contributed by atoms with Gasteiger partial charge in [0.05, 0.1) is 35.1 Å². The molecule has 2 aliphatic rings. The van der Waals surface area contributed by atoms with Gasteiger partial charge in [0.15, 0.2) is 5.82 Å². The van der Waals surface area contributed by atoms with E-state index in [1.807, 2.05) is 0 Å². The molecule has 0 aromatic carbocycles. The topological polar surface area (TPSA) is 119 Å². The molecule has 3 aromatic heterocycles. The zero-order valence-electron chi connectivity index (χ0n) is 20.0. The van der Waals surface area contributed by atoms with Crippen LogP contribution >= 0.6 is 0 Å². The Morgan fingerprint density at radius 1 is 1.16 bits per heavy atom. The number of hydrogen-bond acceptors (Lipinski definition) is 6. The number of pyridine rings is 1. The molecule has 1 saturated carbocycles. The van der Waals surface area contributed by atoms with E-state index in [0.29, 0.717) is 0 Å². The van der Waals surface area contributed by atoms with Crippen molar-refractivity contribution >= 4 is 23.1 Å². The van der Waals surface area contributed by atoms with E-state index in [4.69, 9.17) is 5.73 Å². The molecule has 1 aliphatic heterocycles. The molecule has 0 bridgehead atoms. The minimum absolute atomic E-state index is 0.0492. The fourth-order valence-corrected chi connectivity index (χ4v) is 4.72. The van der Waals surface area contributed by atoms with Gasteiger partial charge in [0.25, 0.3) is 11.8 Å². The Labute approximate surface area is 211 Å². The molecule has 4 heterocycles. The molecular weight excluding hydrogens is 520 g/mol. The average molecular weight is 541 g/mol. The second-order valence-corrected chi connectivity index (χ2v) is 9.46. The normalized spacial score (nSPS) is 22.6. The Morgan fingerprint density at radius 2 is 1.84 bits per heavy atom. The van der Waals surface area contributed by atoms with Gasteiger partial charge in [-0.1, -0.05) is 0 Å². The quantitative estimate of drug-likeness (QED) is 0.491. The SMILES string of the molecule is Cc1nc(C)c(-c2cc(C(F)(F)F)c3c(N)ncnn23)cc1C(=O)N[C@@H]1CN(C(=O)C2CC2(F)F)C[C@@H]1F. The molecule has 1 saturated heterocycles. The van der Waals surface area contributed by atoms with E-state index in [0.717, 1.165) is 21.8 Å². The minimum Gasteiger partial charge on any atom is -0.382 e. The molecule has 1 aliphatic carbocycles. The fraction of sp³-hybridized carbons (Fsp3) is 0.435. The standard InChI is InChI=1S/C23H21F6N7O2/c1-9-11(17-4-13(23(27,28)29)18-19(30)31-8-32-36(17)18)3-12(10(2)33-9)20(37)34-16-7-35(6-15(16)24)21(38)14-5-22(14,25)26/h3-4,8,14-16H,5-7H2,1-2H3,(H,34,37)(H2,30,31,32)/t14?,15-,16+/m0/s1. The van der Waals surface area contributed by atoms with Gasteiger partial charge >= 0.3 is 6.18 Å². The van der Waals surface area contributed by atoms with Gasteiger partial charge < -0.3 is 16.0 Å². The Balaban J connectivity index is 1.45. The smallest absolute Gasteiger partial charge is 0.382 e. The van der Waals surface area contributed by atoms with E-state index in [9.17, 15) is 35.9 Å². The van der Waals surface area contributed by atoms with Gasteiger partial charge in [-0.15, -0.1) is 0 Å². The molecule has 0 radical (unpaired) electrons. The molecule has 2 amide bonds. The molecule has 15 heteroatoms. The zero-order valence-corrected chi connectivity index (χ0v) is 20.0. The first-order valence-electron chi connectivity index (χ1n) is 11.5. The minimum atomic E-state index is -4.78. The second kappa shape index (κ2) is 8.56. The highest BCUT2D eigenvalue weighted by atomic mass is 19.4. The first kappa shape index (κ1) is 25.7. The van der Waals surface area contributed by atoms with Crippen molar-refractivity contribution in [3.8, 4) is 11.3 Å². The maximum absolute atomic E-state index is 14.6. The fourth-order valence-electron chi connectivity index (χ4n) is 4.72. The van der Waals surface area contributed by atoms with Crippen molar-refractivity contribution in [3.63, 3.8) is 0 Å². The van der Waals surface area contributed by atoms with Gasteiger partial charge in [-0.2, -0.15) is 18.3 Å². The number of anilines is 1. The zero-order chi connectivity index (χ0) is 27.7. The largest absolute Gasteiger partial charge is 0.418 e. The first-order valence-corrected chi connectivity index (χ1v) is 11.5. The number of nitrogens with one attached hydrogen (secondary N) is 1. The summed E-state index contributed by atoms with van der Waals surface area (Å²) >= 11 is 0. The van der Waals surface area contributed by atoms with Crippen molar-refractivity contribution in [2.45, 2.75) is 44.6 Å². The van der Waals surface area contributed by atoms with E-state index < -0.39 is 71.9 Å². The number of rotatable bonds is 4. The summed E-state index contributed by atoms with van der Waals surface area (Å²) in [7, 11) is 0. The number of halogens is 6. The predicted octanol–water partition coefficient (Wildman–Crippen LogP) is 2.94. The van der Waals surface area contributed by atoms with Crippen LogP contribution in [-0.2, 0) is 11.0 Å². The van der Waals surface area contributed by atoms with Gasteiger partial charge in [-0.05, 0) is 26.0 Å². The number of fused-ring (bicyclic) bond motifs is 1. The summed E-state index contributed by atoms with van der Waals surface area (Å²) in [6.07, 6.45) is -6.07. The van der Waals surface area contributed by atoms with Crippen molar-refractivity contribution in [3.05, 3.63) is 41.0 Å². The molecular formula is C23H21F6N7O2. The number of amides is 2. The lowest BCUT2D eigenvalue weighted by Crippen LogP contribution is -2.42. The van der Waals surface area contributed by atoms with Crippen LogP contribution in [0.4, 0.5) is 32.2 Å². The Bertz CT molecular complexity index is 1470. The number of nitrogens with zero attached hydrogens (tertiary/aromatic N) is 5. The van der Waals surface area contributed by atoms with Gasteiger partial charge in [-0.3, -0.25) is 14.6 Å². The maximum Gasteiger partial charge on any atom is 0.418 e. The van der Waals surface area contributed by atoms with Crippen LogP contribution in [0.5, 0.6) is 0 Å². The van der Waals surface area contributed by atoms with Gasteiger partial charge in [0.2, 0.25) is 5.91 Å². The molecule has 5 rings (SSSR count). The van der Waals surface area contributed by atoms with E-state index >= 15 is 0 Å². The van der Waals surface area contributed by atoms with E-state index in [1.165, 1.54) is 19.9 Å². The Kier molecular flexibility index (Phi) is 5.80. The molecule has 38 heavy (non-hydrogen) atoms. The van der Waals surface area contributed by atoms with Crippen molar-refractivity contribution in [2.75, 3.05) is 18.8 Å². The lowest BCUT2D eigenvalue weighted by molar-refractivity contribution is -0.136. The van der Waals surface area contributed by atoms with Crippen LogP contribution < -0.4 is 11.1 Å². The van der Waals surface area contributed by atoms with E-state index in [2.05, 4.69) is 20.4 Å². The number of aryl methyl sites for hydroxylation is 2. The van der Waals surface area contributed by atoms with Crippen LogP contribution in [0.1, 0.15) is 33.7 Å². The summed E-state index contributed by atoms with van der Waals surface area (Å²) in [6.45, 7) is 2.30. The summed E-state index contributed by atoms with van der Waals surface area (Å²) < 4.78 is 83.4. The van der Waals surface area contributed by atoms with Crippen LogP contribution in [0, 0.1) is 19.8 Å². The highest BCUT2D eigenvalue weighted by Gasteiger charge is 2.63. The number of carbonyl (C=O) groups is 2. The maximum atomic E-state index is 14.6. The van der Waals surface area contributed by atoms with E-state index in [1.54, 1.807) is 0 Å². The summed E-state index contributed by atoms with van der Waals surface area (Å²) in [4.78, 5) is 34.2. The number of alkyl halides is 6. The third kappa shape index (κ3) is 4.28. The summed E-state index contributed by atoms with van der Waals surface area (Å²) in [5, 5.41) is 6.35. The van der Waals surface area contributed by atoms with Crippen molar-refractivity contribution in [1.82, 2.24) is 29.8 Å². The molecule has 9 nitrogen and oxygen atoms in total. The lowest BCUT2D eigenvalue weighted by atomic mass is 10.0. The van der Waals surface area contributed by atoms with Crippen molar-refractivity contribution < 1.29 is 35.9 Å². The van der Waals surface area contributed by atoms with Crippen LogP contribution in [0.25, 0.3) is 16.8 Å². The van der Waals surface area contributed by atoms with Crippen LogP contribution in [0.2, 0.25) is 0 Å². The highest BCUT2D eigenvalue weighted by molar-refractivity contribution is 5.97. The number of likely N-dealkylation sites (tertiary alicyclic amines) is 1. The molecule has 3 atom stereocenters. The van der Waals surface area contributed by atoms with Gasteiger partial charge in [0.1, 0.15) is 23.9 Å². The first-order chi connectivity index (χ1) is 17.7. The van der Waals surface area contributed by atoms with Crippen LogP contribution in [0.15, 0.2) is 18.5 Å². The summed E-state index contributed by atoms with van der Waals surface area (Å²) in [6, 6.07) is 0.970. The highest BCUT2D eigenvalue weighted by Crippen LogP contribution is 2.50. The van der Waals surface area contributed by atoms with Crippen molar-refractivity contribution in [2.24, 2.45) is 5.92 Å². The molecule has 1 unspecified atom stereocenters. The Hall–Kier alpha value is -3.91. The number of nitrogen functional groups attached to an aromatic ring is 1. The predicted molar refractivity (Wildman–Crippen MR) is 121 cm³/mol. The summed E-state index contributed by atoms with van der Waals surface area (Å²) in [5.74, 6) is -6.64. The third-order valence-corrected chi connectivity index (χ3v) is 6.81. The Morgan fingerprint density at radius 3 is 2.47 bits per heavy atom. The van der Waals surface area contributed by atoms with Crippen LogP contribution in [-0.4, -0.2) is 67.5 Å². The number of carbonyl (C=O) groups excluding carboxylic acids is 2. The van der Waals surface area contributed by atoms with Gasteiger partial charge in [0, 0.05) is 24.2 Å². The molecule has 3 N–H and O–H groups in total. The van der Waals surface area contributed by atoms with Gasteiger partial charge in [-0.25, -0.2) is 22.7 Å². The van der Waals surface area contributed by atoms with Crippen LogP contribution in [0.3, 0.4) is 0 Å².